The molecule has 0 radical (unpaired) electrons. The molecule has 0 bridgehead atoms. The molecule has 0 aliphatic rings. The van der Waals surface area contributed by atoms with Crippen LogP contribution in [-0.4, -0.2) is 10.1 Å². The minimum absolute atomic E-state index is 0.110. The van der Waals surface area contributed by atoms with Gasteiger partial charge in [0.1, 0.15) is 17.6 Å². The molecule has 7 heteroatoms. The topological polar surface area (TPSA) is 46.3 Å². The van der Waals surface area contributed by atoms with Crippen molar-refractivity contribution in [2.75, 3.05) is 0 Å². The van der Waals surface area contributed by atoms with Gasteiger partial charge in [-0.3, -0.25) is 0 Å². The van der Waals surface area contributed by atoms with Crippen LogP contribution in [0.2, 0.25) is 0 Å². The van der Waals surface area contributed by atoms with Crippen LogP contribution >= 0.6 is 11.3 Å². The summed E-state index contributed by atoms with van der Waals surface area (Å²) in [4.78, 5) is 3.36. The van der Waals surface area contributed by atoms with E-state index in [4.69, 9.17) is 4.42 Å². The number of aromatic nitrogens is 1. The number of furan rings is 1. The van der Waals surface area contributed by atoms with E-state index in [9.17, 15) is 18.3 Å². The fraction of sp³-hybridized carbons (Fsp3) is 0.364. The summed E-state index contributed by atoms with van der Waals surface area (Å²) in [6.07, 6.45) is -4.02. The molecule has 0 fully saturated rings. The van der Waals surface area contributed by atoms with Gasteiger partial charge >= 0.3 is 6.18 Å². The van der Waals surface area contributed by atoms with Gasteiger partial charge in [0.15, 0.2) is 5.01 Å². The summed E-state index contributed by atoms with van der Waals surface area (Å²) < 4.78 is 42.4. The molecule has 3 nitrogen and oxygen atoms in total. The Morgan fingerprint density at radius 3 is 2.67 bits per heavy atom. The Labute approximate surface area is 105 Å². The molecular formula is C11H10F3NO2S. The van der Waals surface area contributed by atoms with Gasteiger partial charge < -0.3 is 9.52 Å². The van der Waals surface area contributed by atoms with Gasteiger partial charge in [0, 0.05) is 12.6 Å². The van der Waals surface area contributed by atoms with Crippen LogP contribution in [-0.2, 0) is 12.6 Å². The van der Waals surface area contributed by atoms with Gasteiger partial charge in [-0.15, -0.1) is 11.3 Å². The zero-order valence-corrected chi connectivity index (χ0v) is 10.2. The molecule has 0 aromatic carbocycles. The fourth-order valence-corrected chi connectivity index (χ4v) is 2.19. The Morgan fingerprint density at radius 1 is 1.44 bits per heavy atom. The van der Waals surface area contributed by atoms with E-state index in [1.165, 1.54) is 0 Å². The van der Waals surface area contributed by atoms with Crippen molar-refractivity contribution in [2.24, 2.45) is 0 Å². The van der Waals surface area contributed by atoms with E-state index in [-0.39, 0.29) is 10.6 Å². The second-order valence-corrected chi connectivity index (χ2v) is 4.69. The summed E-state index contributed by atoms with van der Waals surface area (Å²) in [5, 5.41) is 8.92. The predicted molar refractivity (Wildman–Crippen MR) is 59.3 cm³/mol. The fourth-order valence-electron chi connectivity index (χ4n) is 1.42. The SMILES string of the molecule is CCc1ccc(C(O)c2cnc(C(F)(F)F)s2)o1. The number of aliphatic hydroxyl groups excluding tert-OH is 1. The minimum atomic E-state index is -4.49. The van der Waals surface area contributed by atoms with E-state index in [2.05, 4.69) is 4.98 Å². The van der Waals surface area contributed by atoms with Crippen LogP contribution < -0.4 is 0 Å². The summed E-state index contributed by atoms with van der Waals surface area (Å²) in [6.45, 7) is 1.88. The number of aryl methyl sites for hydroxylation is 1. The molecule has 2 aromatic heterocycles. The average Bonchev–Trinajstić information content (AvgIpc) is 2.96. The maximum Gasteiger partial charge on any atom is 0.443 e. The molecule has 0 saturated carbocycles. The van der Waals surface area contributed by atoms with Crippen molar-refractivity contribution in [1.82, 2.24) is 4.98 Å². The number of thiazole rings is 1. The third-order valence-corrected chi connectivity index (χ3v) is 3.43. The Kier molecular flexibility index (Phi) is 3.45. The van der Waals surface area contributed by atoms with E-state index in [1.807, 2.05) is 6.92 Å². The summed E-state index contributed by atoms with van der Waals surface area (Å²) in [5.41, 5.74) is 0. The summed E-state index contributed by atoms with van der Waals surface area (Å²) in [5.74, 6) is 0.897. The Balaban J connectivity index is 2.23. The van der Waals surface area contributed by atoms with E-state index in [0.717, 1.165) is 6.20 Å². The van der Waals surface area contributed by atoms with Crippen LogP contribution in [0.3, 0.4) is 0 Å². The molecule has 0 aliphatic heterocycles. The number of rotatable bonds is 3. The first-order valence-electron chi connectivity index (χ1n) is 5.21. The van der Waals surface area contributed by atoms with Crippen molar-refractivity contribution < 1.29 is 22.7 Å². The first kappa shape index (κ1) is 13.1. The molecule has 0 saturated heterocycles. The van der Waals surface area contributed by atoms with E-state index in [1.54, 1.807) is 12.1 Å². The van der Waals surface area contributed by atoms with Crippen molar-refractivity contribution in [3.63, 3.8) is 0 Å². The largest absolute Gasteiger partial charge is 0.463 e. The molecule has 98 valence electrons. The van der Waals surface area contributed by atoms with Gasteiger partial charge in [-0.25, -0.2) is 4.98 Å². The highest BCUT2D eigenvalue weighted by Crippen LogP contribution is 2.36. The third kappa shape index (κ3) is 2.56. The van der Waals surface area contributed by atoms with Crippen LogP contribution in [0.15, 0.2) is 22.7 Å². The molecule has 18 heavy (non-hydrogen) atoms. The second-order valence-electron chi connectivity index (χ2n) is 3.63. The Hall–Kier alpha value is -1.34. The van der Waals surface area contributed by atoms with Crippen molar-refractivity contribution >= 4 is 11.3 Å². The highest BCUT2D eigenvalue weighted by Gasteiger charge is 2.35. The molecule has 1 atom stereocenters. The summed E-state index contributed by atoms with van der Waals surface area (Å²) >= 11 is 0.414. The quantitative estimate of drug-likeness (QED) is 0.935. The van der Waals surface area contributed by atoms with Crippen molar-refractivity contribution in [3.8, 4) is 0 Å². The third-order valence-electron chi connectivity index (χ3n) is 2.34. The number of hydrogen-bond donors (Lipinski definition) is 1. The standard InChI is InChI=1S/C11H10F3NO2S/c1-2-6-3-4-7(17-6)9(16)8-5-15-10(18-8)11(12,13)14/h3-5,9,16H,2H2,1H3. The lowest BCUT2D eigenvalue weighted by Crippen LogP contribution is -2.03. The molecule has 1 N–H and O–H groups in total. The van der Waals surface area contributed by atoms with Crippen LogP contribution in [0.5, 0.6) is 0 Å². The molecule has 0 amide bonds. The minimum Gasteiger partial charge on any atom is -0.463 e. The monoisotopic (exact) mass is 277 g/mol. The van der Waals surface area contributed by atoms with Crippen LogP contribution in [0.1, 0.15) is 34.4 Å². The maximum atomic E-state index is 12.4. The van der Waals surface area contributed by atoms with Crippen molar-refractivity contribution in [2.45, 2.75) is 25.6 Å². The van der Waals surface area contributed by atoms with Gasteiger partial charge in [0.25, 0.3) is 0 Å². The first-order valence-corrected chi connectivity index (χ1v) is 6.03. The first-order chi connectivity index (χ1) is 8.41. The molecule has 2 aromatic rings. The van der Waals surface area contributed by atoms with E-state index >= 15 is 0 Å². The van der Waals surface area contributed by atoms with Gasteiger partial charge in [0.05, 0.1) is 4.88 Å². The maximum absolute atomic E-state index is 12.4. The van der Waals surface area contributed by atoms with Gasteiger partial charge in [-0.05, 0) is 12.1 Å². The molecule has 0 aliphatic carbocycles. The number of halogens is 3. The molecule has 2 heterocycles. The van der Waals surface area contributed by atoms with Crippen LogP contribution in [0, 0.1) is 0 Å². The zero-order valence-electron chi connectivity index (χ0n) is 9.36. The highest BCUT2D eigenvalue weighted by molar-refractivity contribution is 7.11. The van der Waals surface area contributed by atoms with Gasteiger partial charge in [0.2, 0.25) is 0 Å². The lowest BCUT2D eigenvalue weighted by molar-refractivity contribution is -0.137. The van der Waals surface area contributed by atoms with Gasteiger partial charge in [-0.1, -0.05) is 6.92 Å². The summed E-state index contributed by atoms with van der Waals surface area (Å²) in [6, 6.07) is 3.24. The Bertz CT molecular complexity index is 532. The smallest absolute Gasteiger partial charge is 0.443 e. The number of aliphatic hydroxyl groups is 1. The van der Waals surface area contributed by atoms with Crippen LogP contribution in [0.25, 0.3) is 0 Å². The predicted octanol–water partition coefficient (Wildman–Crippen LogP) is 3.40. The lowest BCUT2D eigenvalue weighted by atomic mass is 10.2. The zero-order chi connectivity index (χ0) is 13.3. The van der Waals surface area contributed by atoms with Crippen LogP contribution in [0.4, 0.5) is 13.2 Å². The summed E-state index contributed by atoms with van der Waals surface area (Å²) in [7, 11) is 0. The van der Waals surface area contributed by atoms with Crippen molar-refractivity contribution in [1.29, 1.82) is 0 Å². The average molecular weight is 277 g/mol. The molecule has 0 spiro atoms. The van der Waals surface area contributed by atoms with E-state index in [0.29, 0.717) is 23.5 Å². The van der Waals surface area contributed by atoms with E-state index < -0.39 is 17.3 Å². The number of hydrogen-bond acceptors (Lipinski definition) is 4. The lowest BCUT2D eigenvalue weighted by Gasteiger charge is -2.04. The number of nitrogens with zero attached hydrogens (tertiary/aromatic N) is 1. The number of alkyl halides is 3. The highest BCUT2D eigenvalue weighted by atomic mass is 32.1. The Morgan fingerprint density at radius 2 is 2.17 bits per heavy atom. The molecule has 2 rings (SSSR count). The van der Waals surface area contributed by atoms with Crippen molar-refractivity contribution in [3.05, 3.63) is 39.7 Å². The molecule has 1 unspecified atom stereocenters. The second kappa shape index (κ2) is 4.74. The normalized spacial score (nSPS) is 13.8. The van der Waals surface area contributed by atoms with Gasteiger partial charge in [-0.2, -0.15) is 13.2 Å². The molecular weight excluding hydrogens is 267 g/mol.